The first-order valence-corrected chi connectivity index (χ1v) is 4.54. The molecule has 0 atom stereocenters. The second-order valence-electron chi connectivity index (χ2n) is 3.35. The highest BCUT2D eigenvalue weighted by Gasteiger charge is 2.04. The standard InChI is InChI=1S/C10H11FN4/c1-7-10(12)5-14-15(7)6-8-2-9(11)4-13-3-8/h2-5H,6,12H2,1H3. The van der Waals surface area contributed by atoms with Crippen LogP contribution in [0.5, 0.6) is 0 Å². The van der Waals surface area contributed by atoms with Gasteiger partial charge in [-0.2, -0.15) is 5.10 Å². The SMILES string of the molecule is Cc1c(N)cnn1Cc1cncc(F)c1. The van der Waals surface area contributed by atoms with Gasteiger partial charge >= 0.3 is 0 Å². The number of halogens is 1. The first-order chi connectivity index (χ1) is 7.16. The Kier molecular flexibility index (Phi) is 2.37. The first kappa shape index (κ1) is 9.64. The van der Waals surface area contributed by atoms with Crippen LogP contribution in [0, 0.1) is 12.7 Å². The van der Waals surface area contributed by atoms with Crippen molar-refractivity contribution in [2.45, 2.75) is 13.5 Å². The molecule has 2 rings (SSSR count). The van der Waals surface area contributed by atoms with Crippen LogP contribution in [0.1, 0.15) is 11.3 Å². The third-order valence-corrected chi connectivity index (χ3v) is 2.23. The number of rotatable bonds is 2. The van der Waals surface area contributed by atoms with E-state index in [0.717, 1.165) is 11.3 Å². The minimum Gasteiger partial charge on any atom is -0.396 e. The van der Waals surface area contributed by atoms with E-state index in [1.807, 2.05) is 6.92 Å². The molecule has 0 amide bonds. The fourth-order valence-corrected chi connectivity index (χ4v) is 1.34. The fraction of sp³-hybridized carbons (Fsp3) is 0.200. The molecule has 0 spiro atoms. The molecular formula is C10H11FN4. The number of hydrogen-bond donors (Lipinski definition) is 1. The lowest BCUT2D eigenvalue weighted by Gasteiger charge is -2.04. The Bertz CT molecular complexity index is 478. The zero-order valence-corrected chi connectivity index (χ0v) is 8.31. The minimum absolute atomic E-state index is 0.342. The lowest BCUT2D eigenvalue weighted by Crippen LogP contribution is -2.04. The van der Waals surface area contributed by atoms with Gasteiger partial charge in [-0.15, -0.1) is 0 Å². The number of aromatic nitrogens is 3. The van der Waals surface area contributed by atoms with Gasteiger partial charge in [0.25, 0.3) is 0 Å². The summed E-state index contributed by atoms with van der Waals surface area (Å²) in [5.41, 5.74) is 7.93. The van der Waals surface area contributed by atoms with Gasteiger partial charge in [0.2, 0.25) is 0 Å². The molecule has 2 aromatic heterocycles. The van der Waals surface area contributed by atoms with Crippen LogP contribution >= 0.6 is 0 Å². The molecular weight excluding hydrogens is 195 g/mol. The molecule has 0 aliphatic heterocycles. The Hall–Kier alpha value is -1.91. The van der Waals surface area contributed by atoms with Crippen molar-refractivity contribution in [2.24, 2.45) is 0 Å². The van der Waals surface area contributed by atoms with E-state index in [-0.39, 0.29) is 5.82 Å². The molecule has 2 aromatic rings. The Morgan fingerprint density at radius 2 is 2.20 bits per heavy atom. The lowest BCUT2D eigenvalue weighted by atomic mass is 10.3. The normalized spacial score (nSPS) is 10.5. The van der Waals surface area contributed by atoms with Crippen LogP contribution < -0.4 is 5.73 Å². The van der Waals surface area contributed by atoms with Gasteiger partial charge in [0.15, 0.2) is 0 Å². The van der Waals surface area contributed by atoms with Gasteiger partial charge in [-0.05, 0) is 18.6 Å². The van der Waals surface area contributed by atoms with Crippen LogP contribution in [0.25, 0.3) is 0 Å². The third-order valence-electron chi connectivity index (χ3n) is 2.23. The Balaban J connectivity index is 2.26. The topological polar surface area (TPSA) is 56.7 Å². The quantitative estimate of drug-likeness (QED) is 0.807. The predicted octanol–water partition coefficient (Wildman–Crippen LogP) is 1.36. The molecule has 15 heavy (non-hydrogen) atoms. The smallest absolute Gasteiger partial charge is 0.141 e. The molecule has 0 aliphatic rings. The zero-order valence-electron chi connectivity index (χ0n) is 8.31. The monoisotopic (exact) mass is 206 g/mol. The van der Waals surface area contributed by atoms with E-state index in [0.29, 0.717) is 12.2 Å². The fourth-order valence-electron chi connectivity index (χ4n) is 1.34. The minimum atomic E-state index is -0.342. The Morgan fingerprint density at radius 1 is 1.40 bits per heavy atom. The number of nitrogen functional groups attached to an aromatic ring is 1. The van der Waals surface area contributed by atoms with Gasteiger partial charge in [-0.1, -0.05) is 0 Å². The molecule has 2 N–H and O–H groups in total. The third kappa shape index (κ3) is 1.96. The summed E-state index contributed by atoms with van der Waals surface area (Å²) < 4.78 is 14.6. The van der Waals surface area contributed by atoms with Crippen molar-refractivity contribution in [1.82, 2.24) is 14.8 Å². The molecule has 0 unspecified atom stereocenters. The molecule has 0 radical (unpaired) electrons. The summed E-state index contributed by atoms with van der Waals surface area (Å²) in [6.45, 7) is 2.35. The lowest BCUT2D eigenvalue weighted by molar-refractivity contribution is 0.609. The Labute approximate surface area is 86.6 Å². The van der Waals surface area contributed by atoms with Crippen molar-refractivity contribution < 1.29 is 4.39 Å². The predicted molar refractivity (Wildman–Crippen MR) is 54.7 cm³/mol. The average Bonchev–Trinajstić information content (AvgIpc) is 2.50. The van der Waals surface area contributed by atoms with E-state index >= 15 is 0 Å². The maximum Gasteiger partial charge on any atom is 0.141 e. The molecule has 0 aliphatic carbocycles. The maximum atomic E-state index is 12.9. The molecule has 0 saturated heterocycles. The molecule has 4 nitrogen and oxygen atoms in total. The van der Waals surface area contributed by atoms with Gasteiger partial charge in [0.05, 0.1) is 30.3 Å². The maximum absolute atomic E-state index is 12.9. The molecule has 78 valence electrons. The van der Waals surface area contributed by atoms with Crippen LogP contribution in [0.2, 0.25) is 0 Å². The number of nitrogens with zero attached hydrogens (tertiary/aromatic N) is 3. The number of pyridine rings is 1. The highest BCUT2D eigenvalue weighted by Crippen LogP contribution is 2.11. The van der Waals surface area contributed by atoms with Crippen molar-refractivity contribution in [3.63, 3.8) is 0 Å². The summed E-state index contributed by atoms with van der Waals surface area (Å²) in [6.07, 6.45) is 4.37. The highest BCUT2D eigenvalue weighted by atomic mass is 19.1. The second-order valence-corrected chi connectivity index (χ2v) is 3.35. The van der Waals surface area contributed by atoms with Crippen molar-refractivity contribution in [3.05, 3.63) is 41.7 Å². The van der Waals surface area contributed by atoms with Crippen LogP contribution in [-0.4, -0.2) is 14.8 Å². The molecule has 0 fully saturated rings. The summed E-state index contributed by atoms with van der Waals surface area (Å²) in [5.74, 6) is -0.342. The second kappa shape index (κ2) is 3.68. The largest absolute Gasteiger partial charge is 0.396 e. The molecule has 5 heteroatoms. The van der Waals surface area contributed by atoms with Crippen molar-refractivity contribution in [1.29, 1.82) is 0 Å². The average molecular weight is 206 g/mol. The van der Waals surface area contributed by atoms with Gasteiger partial charge in [-0.3, -0.25) is 9.67 Å². The summed E-state index contributed by atoms with van der Waals surface area (Å²) in [4.78, 5) is 3.77. The van der Waals surface area contributed by atoms with Gasteiger partial charge in [0.1, 0.15) is 5.82 Å². The van der Waals surface area contributed by atoms with E-state index < -0.39 is 0 Å². The molecule has 2 heterocycles. The zero-order chi connectivity index (χ0) is 10.8. The van der Waals surface area contributed by atoms with Crippen molar-refractivity contribution in [3.8, 4) is 0 Å². The van der Waals surface area contributed by atoms with E-state index in [1.54, 1.807) is 17.1 Å². The van der Waals surface area contributed by atoms with E-state index in [2.05, 4.69) is 10.1 Å². The summed E-state index contributed by atoms with van der Waals surface area (Å²) in [7, 11) is 0. The van der Waals surface area contributed by atoms with E-state index in [1.165, 1.54) is 12.3 Å². The van der Waals surface area contributed by atoms with E-state index in [9.17, 15) is 4.39 Å². The van der Waals surface area contributed by atoms with Gasteiger partial charge in [-0.25, -0.2) is 4.39 Å². The van der Waals surface area contributed by atoms with Gasteiger partial charge in [0, 0.05) is 6.20 Å². The number of hydrogen-bond acceptors (Lipinski definition) is 3. The molecule has 0 saturated carbocycles. The van der Waals surface area contributed by atoms with Crippen molar-refractivity contribution >= 4 is 5.69 Å². The summed E-state index contributed by atoms with van der Waals surface area (Å²) in [5, 5.41) is 4.08. The molecule has 0 bridgehead atoms. The number of anilines is 1. The Morgan fingerprint density at radius 3 is 2.80 bits per heavy atom. The van der Waals surface area contributed by atoms with Crippen LogP contribution in [0.3, 0.4) is 0 Å². The number of nitrogens with two attached hydrogens (primary N) is 1. The summed E-state index contributed by atoms with van der Waals surface area (Å²) in [6, 6.07) is 1.43. The highest BCUT2D eigenvalue weighted by molar-refractivity contribution is 5.39. The van der Waals surface area contributed by atoms with E-state index in [4.69, 9.17) is 5.73 Å². The molecule has 0 aromatic carbocycles. The van der Waals surface area contributed by atoms with Gasteiger partial charge < -0.3 is 5.73 Å². The van der Waals surface area contributed by atoms with Crippen molar-refractivity contribution in [2.75, 3.05) is 5.73 Å². The van der Waals surface area contributed by atoms with Crippen LogP contribution in [-0.2, 0) is 6.54 Å². The first-order valence-electron chi connectivity index (χ1n) is 4.54. The van der Waals surface area contributed by atoms with Crippen LogP contribution in [0.4, 0.5) is 10.1 Å². The summed E-state index contributed by atoms with van der Waals surface area (Å²) >= 11 is 0. The van der Waals surface area contributed by atoms with Crippen LogP contribution in [0.15, 0.2) is 24.7 Å².